The van der Waals surface area contributed by atoms with Gasteiger partial charge in [0, 0.05) is 24.6 Å². The predicted octanol–water partition coefficient (Wildman–Crippen LogP) is 5.79. The predicted molar refractivity (Wildman–Crippen MR) is 110 cm³/mol. The van der Waals surface area contributed by atoms with Crippen molar-refractivity contribution >= 4 is 17.3 Å². The average molecular weight is 433 g/mol. The van der Waals surface area contributed by atoms with Gasteiger partial charge in [0.1, 0.15) is 5.82 Å². The number of nitriles is 1. The Hall–Kier alpha value is -3.08. The molecule has 1 fully saturated rings. The van der Waals surface area contributed by atoms with Crippen LogP contribution in [0.4, 0.5) is 28.9 Å². The Balaban J connectivity index is 1.81. The minimum Gasteiger partial charge on any atom is -0.388 e. The molecule has 0 spiro atoms. The maximum Gasteiger partial charge on any atom is 0.416 e. The van der Waals surface area contributed by atoms with Crippen LogP contribution in [0.15, 0.2) is 42.5 Å². The van der Waals surface area contributed by atoms with E-state index < -0.39 is 29.4 Å². The van der Waals surface area contributed by atoms with Gasteiger partial charge in [-0.05, 0) is 60.6 Å². The highest BCUT2D eigenvalue weighted by atomic mass is 19.4. The summed E-state index contributed by atoms with van der Waals surface area (Å²) in [7, 11) is 1.81. The number of amides is 1. The van der Waals surface area contributed by atoms with E-state index in [9.17, 15) is 27.6 Å². The standard InChI is InChI=1S/C23H23F4N3O/c1-13-18(15-3-6-17(29-2)7-4-15)9-14(12-28)10-19(13)22(31)30-21-8-5-16(11-20(21)24)23(25,26)27/h3-8,11,13-14,18-19,29H,9-10H2,1-2H3,(H,30,31)/t13-,14?,18?,19?/m1/s1. The van der Waals surface area contributed by atoms with E-state index in [2.05, 4.69) is 16.7 Å². The molecule has 2 aromatic carbocycles. The Morgan fingerprint density at radius 3 is 2.35 bits per heavy atom. The first-order chi connectivity index (χ1) is 14.6. The number of benzene rings is 2. The van der Waals surface area contributed by atoms with Crippen molar-refractivity contribution in [3.8, 4) is 6.07 Å². The van der Waals surface area contributed by atoms with Gasteiger partial charge in [0.2, 0.25) is 5.91 Å². The fourth-order valence-electron chi connectivity index (χ4n) is 4.23. The zero-order valence-electron chi connectivity index (χ0n) is 17.1. The zero-order valence-corrected chi connectivity index (χ0v) is 17.1. The topological polar surface area (TPSA) is 64.9 Å². The van der Waals surface area contributed by atoms with E-state index in [4.69, 9.17) is 0 Å². The van der Waals surface area contributed by atoms with E-state index in [0.29, 0.717) is 18.9 Å². The molecule has 1 aliphatic rings. The Morgan fingerprint density at radius 2 is 1.81 bits per heavy atom. The van der Waals surface area contributed by atoms with Gasteiger partial charge in [0.25, 0.3) is 0 Å². The maximum absolute atomic E-state index is 14.2. The Kier molecular flexibility index (Phi) is 6.54. The van der Waals surface area contributed by atoms with Crippen molar-refractivity contribution in [2.24, 2.45) is 17.8 Å². The van der Waals surface area contributed by atoms with E-state index in [1.807, 2.05) is 38.2 Å². The van der Waals surface area contributed by atoms with Crippen LogP contribution in [-0.4, -0.2) is 13.0 Å². The summed E-state index contributed by atoms with van der Waals surface area (Å²) in [4.78, 5) is 12.9. The molecule has 8 heteroatoms. The van der Waals surface area contributed by atoms with Gasteiger partial charge in [-0.1, -0.05) is 19.1 Å². The van der Waals surface area contributed by atoms with E-state index in [1.165, 1.54) is 0 Å². The second kappa shape index (κ2) is 8.96. The molecule has 0 radical (unpaired) electrons. The second-order valence-electron chi connectivity index (χ2n) is 7.92. The molecule has 31 heavy (non-hydrogen) atoms. The normalized spacial score (nSPS) is 23.6. The molecule has 2 N–H and O–H groups in total. The van der Waals surface area contributed by atoms with Crippen LogP contribution in [0.1, 0.15) is 36.8 Å². The quantitative estimate of drug-likeness (QED) is 0.600. The molecule has 2 aromatic rings. The molecule has 0 heterocycles. The molecule has 0 aromatic heterocycles. The van der Waals surface area contributed by atoms with E-state index in [-0.39, 0.29) is 23.4 Å². The number of hydrogen-bond donors (Lipinski definition) is 2. The van der Waals surface area contributed by atoms with Crippen molar-refractivity contribution in [3.05, 3.63) is 59.4 Å². The number of nitrogens with one attached hydrogen (secondary N) is 2. The molecule has 3 rings (SSSR count). The van der Waals surface area contributed by atoms with Gasteiger partial charge in [-0.25, -0.2) is 4.39 Å². The number of anilines is 2. The SMILES string of the molecule is CNc1ccc(C2CC(C#N)CC(C(=O)Nc3ccc(C(F)(F)F)cc3F)[C@@H]2C)cc1. The van der Waals surface area contributed by atoms with Crippen LogP contribution >= 0.6 is 0 Å². The molecule has 0 aliphatic heterocycles. The first-order valence-electron chi connectivity index (χ1n) is 9.99. The van der Waals surface area contributed by atoms with Gasteiger partial charge in [0.05, 0.1) is 17.3 Å². The average Bonchev–Trinajstić information content (AvgIpc) is 2.74. The Bertz CT molecular complexity index is 982. The molecular weight excluding hydrogens is 410 g/mol. The summed E-state index contributed by atoms with van der Waals surface area (Å²) in [6, 6.07) is 12.0. The summed E-state index contributed by atoms with van der Waals surface area (Å²) < 4.78 is 52.4. The van der Waals surface area contributed by atoms with Crippen molar-refractivity contribution in [2.75, 3.05) is 17.7 Å². The number of carbonyl (C=O) groups excluding carboxylic acids is 1. The molecule has 1 saturated carbocycles. The number of nitrogens with zero attached hydrogens (tertiary/aromatic N) is 1. The maximum atomic E-state index is 14.2. The Morgan fingerprint density at radius 1 is 1.13 bits per heavy atom. The van der Waals surface area contributed by atoms with Gasteiger partial charge in [-0.3, -0.25) is 4.79 Å². The fraction of sp³-hybridized carbons (Fsp3) is 0.391. The Labute approximate surface area is 178 Å². The van der Waals surface area contributed by atoms with E-state index in [1.54, 1.807) is 0 Å². The molecule has 1 aliphatic carbocycles. The van der Waals surface area contributed by atoms with Gasteiger partial charge in [0.15, 0.2) is 0 Å². The largest absolute Gasteiger partial charge is 0.416 e. The minimum atomic E-state index is -4.67. The van der Waals surface area contributed by atoms with Crippen LogP contribution in [0.25, 0.3) is 0 Å². The van der Waals surface area contributed by atoms with E-state index in [0.717, 1.165) is 23.4 Å². The molecular formula is C23H23F4N3O. The molecule has 4 atom stereocenters. The highest BCUT2D eigenvalue weighted by Crippen LogP contribution is 2.44. The summed E-state index contributed by atoms with van der Waals surface area (Å²) in [6.07, 6.45) is -3.75. The summed E-state index contributed by atoms with van der Waals surface area (Å²) >= 11 is 0. The first-order valence-corrected chi connectivity index (χ1v) is 9.99. The fourth-order valence-corrected chi connectivity index (χ4v) is 4.23. The number of hydrogen-bond acceptors (Lipinski definition) is 3. The number of alkyl halides is 3. The lowest BCUT2D eigenvalue weighted by Gasteiger charge is -2.38. The number of carbonyl (C=O) groups is 1. The third-order valence-corrected chi connectivity index (χ3v) is 6.05. The molecule has 0 saturated heterocycles. The van der Waals surface area contributed by atoms with Crippen molar-refractivity contribution in [2.45, 2.75) is 31.9 Å². The summed E-state index contributed by atoms with van der Waals surface area (Å²) in [5.74, 6) is -2.75. The van der Waals surface area contributed by atoms with Crippen LogP contribution in [-0.2, 0) is 11.0 Å². The second-order valence-corrected chi connectivity index (χ2v) is 7.92. The van der Waals surface area contributed by atoms with Crippen molar-refractivity contribution < 1.29 is 22.4 Å². The number of rotatable bonds is 4. The van der Waals surface area contributed by atoms with Crippen molar-refractivity contribution in [1.29, 1.82) is 5.26 Å². The summed E-state index contributed by atoms with van der Waals surface area (Å²) in [5.41, 5.74) is 0.518. The molecule has 0 bridgehead atoms. The third-order valence-electron chi connectivity index (χ3n) is 6.05. The van der Waals surface area contributed by atoms with Crippen LogP contribution in [0.3, 0.4) is 0 Å². The summed E-state index contributed by atoms with van der Waals surface area (Å²) in [5, 5.41) is 15.0. The zero-order chi connectivity index (χ0) is 22.8. The van der Waals surface area contributed by atoms with E-state index >= 15 is 0 Å². The molecule has 1 amide bonds. The van der Waals surface area contributed by atoms with Crippen LogP contribution in [0.5, 0.6) is 0 Å². The smallest absolute Gasteiger partial charge is 0.388 e. The lowest BCUT2D eigenvalue weighted by Crippen LogP contribution is -2.37. The molecule has 3 unspecified atom stereocenters. The van der Waals surface area contributed by atoms with Crippen molar-refractivity contribution in [3.63, 3.8) is 0 Å². The highest BCUT2D eigenvalue weighted by molar-refractivity contribution is 5.93. The number of halogens is 4. The van der Waals surface area contributed by atoms with Gasteiger partial charge in [-0.2, -0.15) is 18.4 Å². The monoisotopic (exact) mass is 433 g/mol. The van der Waals surface area contributed by atoms with Crippen LogP contribution < -0.4 is 10.6 Å². The lowest BCUT2D eigenvalue weighted by atomic mass is 9.66. The lowest BCUT2D eigenvalue weighted by molar-refractivity contribution is -0.137. The van der Waals surface area contributed by atoms with Gasteiger partial charge >= 0.3 is 6.18 Å². The molecule has 4 nitrogen and oxygen atoms in total. The first kappa shape index (κ1) is 22.6. The van der Waals surface area contributed by atoms with Crippen molar-refractivity contribution in [1.82, 2.24) is 0 Å². The summed E-state index contributed by atoms with van der Waals surface area (Å²) in [6.45, 7) is 1.91. The van der Waals surface area contributed by atoms with Crippen LogP contribution in [0.2, 0.25) is 0 Å². The van der Waals surface area contributed by atoms with Gasteiger partial charge < -0.3 is 10.6 Å². The van der Waals surface area contributed by atoms with Crippen LogP contribution in [0, 0.1) is 34.9 Å². The van der Waals surface area contributed by atoms with Gasteiger partial charge in [-0.15, -0.1) is 0 Å². The third kappa shape index (κ3) is 4.98. The minimum absolute atomic E-state index is 0.0440. The molecule has 164 valence electrons. The highest BCUT2D eigenvalue weighted by Gasteiger charge is 2.40.